The highest BCUT2D eigenvalue weighted by Gasteiger charge is 2.26. The van der Waals surface area contributed by atoms with Crippen molar-refractivity contribution in [3.8, 4) is 17.7 Å². The van der Waals surface area contributed by atoms with E-state index in [0.29, 0.717) is 30.3 Å². The summed E-state index contributed by atoms with van der Waals surface area (Å²) >= 11 is 1.66. The Kier molecular flexibility index (Phi) is 5.14. The third kappa shape index (κ3) is 3.78. The predicted octanol–water partition coefficient (Wildman–Crippen LogP) is 3.47. The van der Waals surface area contributed by atoms with Crippen molar-refractivity contribution >= 4 is 28.4 Å². The van der Waals surface area contributed by atoms with Gasteiger partial charge in [0.05, 0.1) is 23.9 Å². The van der Waals surface area contributed by atoms with Gasteiger partial charge in [0.15, 0.2) is 11.0 Å². The largest absolute Gasteiger partial charge is 0.487 e. The number of anilines is 1. The zero-order chi connectivity index (χ0) is 21.2. The Labute approximate surface area is 183 Å². The maximum absolute atomic E-state index is 9.09. The maximum Gasteiger partial charge on any atom is 0.258 e. The van der Waals surface area contributed by atoms with Gasteiger partial charge in [0, 0.05) is 25.2 Å². The highest BCUT2D eigenvalue weighted by atomic mass is 32.2. The van der Waals surface area contributed by atoms with E-state index in [1.54, 1.807) is 30.1 Å². The summed E-state index contributed by atoms with van der Waals surface area (Å²) in [5.74, 6) is 2.05. The number of aromatic nitrogens is 2. The molecule has 9 heteroatoms. The van der Waals surface area contributed by atoms with Gasteiger partial charge < -0.3 is 19.7 Å². The smallest absolute Gasteiger partial charge is 0.258 e. The van der Waals surface area contributed by atoms with Crippen molar-refractivity contribution in [2.75, 3.05) is 32.1 Å². The van der Waals surface area contributed by atoms with Crippen LogP contribution in [0.2, 0.25) is 0 Å². The Balaban J connectivity index is 1.21. The van der Waals surface area contributed by atoms with Crippen molar-refractivity contribution in [1.82, 2.24) is 14.3 Å². The Bertz CT molecular complexity index is 1230. The zero-order valence-corrected chi connectivity index (χ0v) is 17.7. The van der Waals surface area contributed by atoms with Crippen LogP contribution in [0, 0.1) is 11.3 Å². The van der Waals surface area contributed by atoms with E-state index in [1.165, 1.54) is 0 Å². The average Bonchev–Trinajstić information content (AvgIpc) is 3.50. The molecule has 0 amide bonds. The molecule has 3 aromatic rings. The standard InChI is InChI=1S/C22H20N6O2S/c1-24-20-21(26-19-10-16(11-23)6-8-28(19)20)30-12-15-2-4-18(5-3-15)29-13-17-14-31-22-25-7-9-27(17)22/h2-6,8,10,14,24H,7,9,12-13H2,1H3. The van der Waals surface area contributed by atoms with Gasteiger partial charge in [-0.25, -0.2) is 0 Å². The topological polar surface area (TPSA) is 87.2 Å². The molecule has 0 bridgehead atoms. The molecule has 156 valence electrons. The molecule has 1 N–H and O–H groups in total. The molecule has 4 heterocycles. The van der Waals surface area contributed by atoms with Crippen LogP contribution in [-0.2, 0) is 6.61 Å². The minimum Gasteiger partial charge on any atom is -0.487 e. The van der Waals surface area contributed by atoms with Gasteiger partial charge in [0.2, 0.25) is 0 Å². The highest BCUT2D eigenvalue weighted by Crippen LogP contribution is 2.30. The summed E-state index contributed by atoms with van der Waals surface area (Å²) in [7, 11) is 1.82. The Morgan fingerprint density at radius 3 is 2.87 bits per heavy atom. The zero-order valence-electron chi connectivity index (χ0n) is 16.9. The van der Waals surface area contributed by atoms with E-state index in [9.17, 15) is 0 Å². The van der Waals surface area contributed by atoms with Crippen LogP contribution in [0.25, 0.3) is 5.65 Å². The maximum atomic E-state index is 9.09. The molecule has 0 atom stereocenters. The third-order valence-corrected chi connectivity index (χ3v) is 6.04. The van der Waals surface area contributed by atoms with Crippen LogP contribution in [0.1, 0.15) is 11.1 Å². The second-order valence-electron chi connectivity index (χ2n) is 7.04. The number of hydrogen-bond donors (Lipinski definition) is 1. The fourth-order valence-electron chi connectivity index (χ4n) is 3.50. The van der Waals surface area contributed by atoms with Gasteiger partial charge in [0.1, 0.15) is 24.6 Å². The normalized spacial score (nSPS) is 14.8. The summed E-state index contributed by atoms with van der Waals surface area (Å²) in [4.78, 5) is 11.2. The van der Waals surface area contributed by atoms with E-state index < -0.39 is 0 Å². The second-order valence-corrected chi connectivity index (χ2v) is 7.87. The van der Waals surface area contributed by atoms with Crippen LogP contribution in [0.5, 0.6) is 11.6 Å². The van der Waals surface area contributed by atoms with E-state index in [2.05, 4.69) is 31.7 Å². The summed E-state index contributed by atoms with van der Waals surface area (Å²) in [6.07, 6.45) is 1.81. The minimum absolute atomic E-state index is 0.374. The SMILES string of the molecule is CNc1c(OCc2ccc(OCC3=CSC4=NCCN34)cc2)nc2cc(C#N)ccn12. The van der Waals surface area contributed by atoms with E-state index in [-0.39, 0.29) is 0 Å². The molecule has 0 saturated carbocycles. The van der Waals surface area contributed by atoms with Crippen molar-refractivity contribution in [2.24, 2.45) is 4.99 Å². The first-order valence-corrected chi connectivity index (χ1v) is 10.8. The second kappa shape index (κ2) is 8.24. The quantitative estimate of drug-likeness (QED) is 0.612. The summed E-state index contributed by atoms with van der Waals surface area (Å²) in [5.41, 5.74) is 3.38. The molecule has 0 spiro atoms. The van der Waals surface area contributed by atoms with Crippen molar-refractivity contribution in [1.29, 1.82) is 5.26 Å². The van der Waals surface area contributed by atoms with Gasteiger partial charge in [-0.3, -0.25) is 9.39 Å². The fraction of sp³-hybridized carbons (Fsp3) is 0.227. The Morgan fingerprint density at radius 1 is 1.19 bits per heavy atom. The molecule has 0 aliphatic carbocycles. The van der Waals surface area contributed by atoms with Gasteiger partial charge >= 0.3 is 0 Å². The molecule has 8 nitrogen and oxygen atoms in total. The number of aliphatic imine (C=N–C) groups is 1. The lowest BCUT2D eigenvalue weighted by atomic mass is 10.2. The lowest BCUT2D eigenvalue weighted by Crippen LogP contribution is -2.24. The van der Waals surface area contributed by atoms with Gasteiger partial charge in [-0.2, -0.15) is 10.2 Å². The number of imidazole rings is 1. The third-order valence-electron chi connectivity index (χ3n) is 5.09. The van der Waals surface area contributed by atoms with Gasteiger partial charge in [-0.05, 0) is 29.8 Å². The Morgan fingerprint density at radius 2 is 2.06 bits per heavy atom. The predicted molar refractivity (Wildman–Crippen MR) is 120 cm³/mol. The first kappa shape index (κ1) is 19.3. The number of nitrogens with one attached hydrogen (secondary N) is 1. The fourth-order valence-corrected chi connectivity index (χ4v) is 4.44. The molecule has 31 heavy (non-hydrogen) atoms. The minimum atomic E-state index is 0.374. The summed E-state index contributed by atoms with van der Waals surface area (Å²) in [5, 5.41) is 15.4. The van der Waals surface area contributed by atoms with E-state index >= 15 is 0 Å². The van der Waals surface area contributed by atoms with Crippen LogP contribution in [0.3, 0.4) is 0 Å². The number of thioether (sulfide) groups is 1. The summed E-state index contributed by atoms with van der Waals surface area (Å²) in [6, 6.07) is 13.5. The molecule has 1 aromatic carbocycles. The monoisotopic (exact) mass is 432 g/mol. The number of rotatable bonds is 7. The number of benzene rings is 1. The van der Waals surface area contributed by atoms with Gasteiger partial charge in [-0.15, -0.1) is 0 Å². The van der Waals surface area contributed by atoms with Crippen LogP contribution < -0.4 is 14.8 Å². The molecule has 5 rings (SSSR count). The number of nitrogens with zero attached hydrogens (tertiary/aromatic N) is 5. The number of amidine groups is 1. The van der Waals surface area contributed by atoms with E-state index in [0.717, 1.165) is 41.1 Å². The summed E-state index contributed by atoms with van der Waals surface area (Å²) < 4.78 is 13.8. The first-order valence-electron chi connectivity index (χ1n) is 9.87. The first-order chi connectivity index (χ1) is 15.2. The number of hydrogen-bond acceptors (Lipinski definition) is 8. The van der Waals surface area contributed by atoms with Crippen molar-refractivity contribution in [2.45, 2.75) is 6.61 Å². The van der Waals surface area contributed by atoms with Crippen LogP contribution in [-0.4, -0.2) is 46.2 Å². The van der Waals surface area contributed by atoms with Gasteiger partial charge in [-0.1, -0.05) is 23.9 Å². The van der Waals surface area contributed by atoms with Crippen LogP contribution >= 0.6 is 11.8 Å². The molecule has 2 aliphatic heterocycles. The van der Waals surface area contributed by atoms with Gasteiger partial charge in [0.25, 0.3) is 5.88 Å². The number of ether oxygens (including phenoxy) is 2. The van der Waals surface area contributed by atoms with Crippen molar-refractivity contribution in [3.63, 3.8) is 0 Å². The van der Waals surface area contributed by atoms with Crippen LogP contribution in [0.15, 0.2) is 58.7 Å². The molecular formula is C22H20N6O2S. The van der Waals surface area contributed by atoms with E-state index in [4.69, 9.17) is 14.7 Å². The molecule has 0 fully saturated rings. The van der Waals surface area contributed by atoms with Crippen molar-refractivity contribution < 1.29 is 9.47 Å². The molecule has 2 aliphatic rings. The lowest BCUT2D eigenvalue weighted by Gasteiger charge is -2.17. The Hall–Kier alpha value is -3.64. The number of pyridine rings is 1. The van der Waals surface area contributed by atoms with Crippen LogP contribution in [0.4, 0.5) is 5.82 Å². The highest BCUT2D eigenvalue weighted by molar-refractivity contribution is 8.16. The van der Waals surface area contributed by atoms with E-state index in [1.807, 2.05) is 35.7 Å². The van der Waals surface area contributed by atoms with Crippen molar-refractivity contribution in [3.05, 3.63) is 64.8 Å². The molecule has 0 radical (unpaired) electrons. The molecular weight excluding hydrogens is 412 g/mol. The summed E-state index contributed by atoms with van der Waals surface area (Å²) in [6.45, 7) is 2.69. The molecule has 0 unspecified atom stereocenters. The average molecular weight is 433 g/mol. The molecule has 2 aromatic heterocycles. The molecule has 0 saturated heterocycles. The lowest BCUT2D eigenvalue weighted by molar-refractivity contribution is 0.296. The number of fused-ring (bicyclic) bond motifs is 2. The number of nitriles is 1.